The molecule has 0 saturated heterocycles. The summed E-state index contributed by atoms with van der Waals surface area (Å²) in [5, 5.41) is 11.5. The lowest BCUT2D eigenvalue weighted by Gasteiger charge is -2.28. The summed E-state index contributed by atoms with van der Waals surface area (Å²) >= 11 is 0. The van der Waals surface area contributed by atoms with Crippen molar-refractivity contribution in [2.24, 2.45) is 10.8 Å². The summed E-state index contributed by atoms with van der Waals surface area (Å²) in [6, 6.07) is 0. The lowest BCUT2D eigenvalue weighted by atomic mass is 9.98. The van der Waals surface area contributed by atoms with Crippen LogP contribution in [0.4, 0.5) is 0 Å². The highest BCUT2D eigenvalue weighted by atomic mass is 31.1. The van der Waals surface area contributed by atoms with Gasteiger partial charge in [0.05, 0.1) is 0 Å². The van der Waals surface area contributed by atoms with Crippen molar-refractivity contribution in [2.75, 3.05) is 0 Å². The Labute approximate surface area is 82.2 Å². The van der Waals surface area contributed by atoms with Crippen molar-refractivity contribution in [3.63, 3.8) is 0 Å². The average molecular weight is 201 g/mol. The van der Waals surface area contributed by atoms with Gasteiger partial charge in [0, 0.05) is 5.41 Å². The van der Waals surface area contributed by atoms with E-state index in [0.29, 0.717) is 8.20 Å². The Morgan fingerprint density at radius 2 is 1.38 bits per heavy atom. The van der Waals surface area contributed by atoms with Gasteiger partial charge in [-0.05, 0) is 13.6 Å². The molecule has 0 saturated carbocycles. The third kappa shape index (κ3) is 4.54. The summed E-state index contributed by atoms with van der Waals surface area (Å²) in [4.78, 5) is 11.5. The van der Waals surface area contributed by atoms with Gasteiger partial charge in [0.2, 0.25) is 0 Å². The third-order valence-corrected chi connectivity index (χ3v) is 3.23. The molecule has 0 aromatic carbocycles. The molecular formula is C10H18O2P-. The normalized spacial score (nSPS) is 14.5. The molecule has 0 rings (SSSR count). The van der Waals surface area contributed by atoms with Gasteiger partial charge in [0.15, 0.2) is 5.52 Å². The summed E-state index contributed by atoms with van der Waals surface area (Å²) in [6.07, 6.45) is 0. The van der Waals surface area contributed by atoms with Crippen molar-refractivity contribution in [3.05, 3.63) is 0 Å². The summed E-state index contributed by atoms with van der Waals surface area (Å²) in [5.41, 5.74) is -0.842. The van der Waals surface area contributed by atoms with Gasteiger partial charge in [-0.15, -0.1) is 5.48 Å². The molecule has 0 spiro atoms. The molecular weight excluding hydrogens is 183 g/mol. The van der Waals surface area contributed by atoms with Gasteiger partial charge in [-0.3, -0.25) is 4.79 Å². The maximum absolute atomic E-state index is 11.5. The van der Waals surface area contributed by atoms with Gasteiger partial charge >= 0.3 is 0 Å². The SMILES string of the molecule is CC(C)(C)C(=O)P=C([O-])C(C)(C)C. The summed E-state index contributed by atoms with van der Waals surface area (Å²) in [6.45, 7) is 11.0. The van der Waals surface area contributed by atoms with E-state index in [0.717, 1.165) is 0 Å². The van der Waals surface area contributed by atoms with Crippen LogP contribution in [0.15, 0.2) is 0 Å². The molecule has 13 heavy (non-hydrogen) atoms. The van der Waals surface area contributed by atoms with Crippen LogP contribution in [0.25, 0.3) is 0 Å². The molecule has 0 N–H and O–H groups in total. The lowest BCUT2D eigenvalue weighted by molar-refractivity contribution is -0.222. The topological polar surface area (TPSA) is 40.1 Å². The lowest BCUT2D eigenvalue weighted by Crippen LogP contribution is -2.32. The molecule has 0 bridgehead atoms. The fraction of sp³-hybridized carbons (Fsp3) is 0.800. The van der Waals surface area contributed by atoms with Gasteiger partial charge in [0.1, 0.15) is 0 Å². The van der Waals surface area contributed by atoms with E-state index < -0.39 is 10.8 Å². The van der Waals surface area contributed by atoms with Crippen molar-refractivity contribution in [1.29, 1.82) is 0 Å². The van der Waals surface area contributed by atoms with Crippen molar-refractivity contribution in [2.45, 2.75) is 41.5 Å². The third-order valence-electron chi connectivity index (χ3n) is 1.49. The summed E-state index contributed by atoms with van der Waals surface area (Å²) in [7, 11) is 0.320. The molecule has 0 fully saturated rings. The first-order chi connectivity index (χ1) is 5.55. The Morgan fingerprint density at radius 1 is 1.00 bits per heavy atom. The average Bonchev–Trinajstić information content (AvgIpc) is 1.82. The molecule has 0 amide bonds. The van der Waals surface area contributed by atoms with E-state index in [1.807, 2.05) is 41.5 Å². The number of rotatable bonds is 1. The monoisotopic (exact) mass is 201 g/mol. The first-order valence-corrected chi connectivity index (χ1v) is 5.25. The van der Waals surface area contributed by atoms with Crippen LogP contribution in [0.5, 0.6) is 0 Å². The minimum atomic E-state index is -0.414. The highest BCUT2D eigenvalue weighted by Gasteiger charge is 2.20. The molecule has 0 unspecified atom stereocenters. The van der Waals surface area contributed by atoms with Crippen LogP contribution in [-0.4, -0.2) is 11.0 Å². The highest BCUT2D eigenvalue weighted by molar-refractivity contribution is 7.58. The number of hydrogen-bond acceptors (Lipinski definition) is 2. The molecule has 0 aliphatic carbocycles. The molecule has 2 nitrogen and oxygen atoms in total. The van der Waals surface area contributed by atoms with Crippen LogP contribution in [-0.2, 0) is 4.79 Å². The minimum absolute atomic E-state index is 0.00701. The standard InChI is InChI=1S/C10H19O2P/c1-9(2,3)7(11)13-8(12)10(4,5)6/h11H,1-6H3/p-1. The smallest absolute Gasteiger partial charge is 0.185 e. The molecule has 0 aliphatic rings. The Morgan fingerprint density at radius 3 is 1.62 bits per heavy atom. The molecule has 0 aliphatic heterocycles. The van der Waals surface area contributed by atoms with Gasteiger partial charge in [-0.1, -0.05) is 41.5 Å². The van der Waals surface area contributed by atoms with E-state index in [2.05, 4.69) is 0 Å². The van der Waals surface area contributed by atoms with E-state index in [9.17, 15) is 9.90 Å². The van der Waals surface area contributed by atoms with Crippen LogP contribution in [0.2, 0.25) is 0 Å². The molecule has 0 aromatic heterocycles. The molecule has 0 heterocycles. The fourth-order valence-electron chi connectivity index (χ4n) is 0.428. The fourth-order valence-corrected chi connectivity index (χ4v) is 1.28. The van der Waals surface area contributed by atoms with Gasteiger partial charge in [-0.2, -0.15) is 0 Å². The van der Waals surface area contributed by atoms with Crippen molar-refractivity contribution >= 4 is 19.2 Å². The number of carbonyl (C=O) groups is 1. The van der Waals surface area contributed by atoms with Gasteiger partial charge < -0.3 is 5.11 Å². The van der Waals surface area contributed by atoms with Gasteiger partial charge in [0.25, 0.3) is 0 Å². The van der Waals surface area contributed by atoms with E-state index in [4.69, 9.17) is 0 Å². The summed E-state index contributed by atoms with van der Waals surface area (Å²) < 4.78 is 0. The molecule has 0 radical (unpaired) electrons. The second-order valence-corrected chi connectivity index (χ2v) is 6.26. The van der Waals surface area contributed by atoms with E-state index in [1.54, 1.807) is 0 Å². The second kappa shape index (κ2) is 3.89. The molecule has 3 heteroatoms. The van der Waals surface area contributed by atoms with E-state index in [1.165, 1.54) is 0 Å². The quantitative estimate of drug-likeness (QED) is 0.609. The zero-order valence-electron chi connectivity index (χ0n) is 9.26. The van der Waals surface area contributed by atoms with Crippen LogP contribution < -0.4 is 5.11 Å². The maximum Gasteiger partial charge on any atom is 0.185 e. The number of carbonyl (C=O) groups excluding carboxylic acids is 1. The van der Waals surface area contributed by atoms with Gasteiger partial charge in [-0.25, -0.2) is 0 Å². The predicted octanol–water partition coefficient (Wildman–Crippen LogP) is 2.04. The highest BCUT2D eigenvalue weighted by Crippen LogP contribution is 2.26. The first kappa shape index (κ1) is 12.8. The summed E-state index contributed by atoms with van der Waals surface area (Å²) in [5.74, 6) is 0. The van der Waals surface area contributed by atoms with Crippen molar-refractivity contribution < 1.29 is 9.90 Å². The Kier molecular flexibility index (Phi) is 3.83. The zero-order chi connectivity index (χ0) is 10.9. The molecule has 0 aromatic rings. The predicted molar refractivity (Wildman–Crippen MR) is 55.8 cm³/mol. The van der Waals surface area contributed by atoms with E-state index >= 15 is 0 Å². The van der Waals surface area contributed by atoms with Crippen molar-refractivity contribution in [1.82, 2.24) is 0 Å². The van der Waals surface area contributed by atoms with Crippen molar-refractivity contribution in [3.8, 4) is 0 Å². The zero-order valence-corrected chi connectivity index (χ0v) is 10.2. The Hall–Kier alpha value is -0.200. The Bertz CT molecular complexity index is 228. The van der Waals surface area contributed by atoms with Crippen LogP contribution in [0.3, 0.4) is 0 Å². The largest absolute Gasteiger partial charge is 0.827 e. The van der Waals surface area contributed by atoms with Crippen LogP contribution in [0, 0.1) is 10.8 Å². The molecule has 0 atom stereocenters. The van der Waals surface area contributed by atoms with Crippen LogP contribution >= 0.6 is 8.20 Å². The Balaban J connectivity index is 4.70. The maximum atomic E-state index is 11.5. The van der Waals surface area contributed by atoms with Crippen LogP contribution in [0.1, 0.15) is 41.5 Å². The molecule has 76 valence electrons. The van der Waals surface area contributed by atoms with E-state index in [-0.39, 0.29) is 11.0 Å². The number of hydrogen-bond donors (Lipinski definition) is 0. The second-order valence-electron chi connectivity index (χ2n) is 5.22. The first-order valence-electron chi connectivity index (χ1n) is 4.36. The minimum Gasteiger partial charge on any atom is -0.827 e.